The Morgan fingerprint density at radius 3 is 2.42 bits per heavy atom. The maximum Gasteiger partial charge on any atom is 0.484 e. The lowest BCUT2D eigenvalue weighted by atomic mass is 10.0. The minimum Gasteiger partial charge on any atom is -0.291 e. The van der Waals surface area contributed by atoms with Crippen LogP contribution in [0.2, 0.25) is 0 Å². The molecule has 1 aliphatic carbocycles. The first-order chi connectivity index (χ1) is 5.52. The molecular weight excluding hydrogens is 167 g/mol. The van der Waals surface area contributed by atoms with Crippen molar-refractivity contribution < 1.29 is 13.2 Å². The van der Waals surface area contributed by atoms with Crippen LogP contribution < -0.4 is 0 Å². The Bertz CT molecular complexity index is 183. The molecule has 0 bridgehead atoms. The van der Waals surface area contributed by atoms with Crippen LogP contribution in [0, 0.1) is 0 Å². The van der Waals surface area contributed by atoms with Crippen LogP contribution in [-0.2, 0) is 0 Å². The molecule has 0 spiro atoms. The second-order valence-electron chi connectivity index (χ2n) is 2.97. The van der Waals surface area contributed by atoms with E-state index in [1.165, 1.54) is 0 Å². The van der Waals surface area contributed by atoms with E-state index in [2.05, 4.69) is 0 Å². The standard InChI is InChI=1S/C8H12F3N/c1-12(8(9,10)11)7-5-3-2-4-6-7/h5H,2-4,6H2,1H3. The van der Waals surface area contributed by atoms with Gasteiger partial charge in [0.25, 0.3) is 0 Å². The van der Waals surface area contributed by atoms with Gasteiger partial charge in [-0.25, -0.2) is 0 Å². The summed E-state index contributed by atoms with van der Waals surface area (Å²) in [4.78, 5) is 0.409. The fraction of sp³-hybridized carbons (Fsp3) is 0.750. The van der Waals surface area contributed by atoms with Crippen LogP contribution in [-0.4, -0.2) is 18.2 Å². The lowest BCUT2D eigenvalue weighted by Gasteiger charge is -2.26. The van der Waals surface area contributed by atoms with Crippen molar-refractivity contribution in [2.24, 2.45) is 0 Å². The molecule has 1 rings (SSSR count). The fourth-order valence-electron chi connectivity index (χ4n) is 1.29. The molecule has 0 saturated heterocycles. The summed E-state index contributed by atoms with van der Waals surface area (Å²) < 4.78 is 36.4. The zero-order chi connectivity index (χ0) is 9.19. The van der Waals surface area contributed by atoms with Crippen LogP contribution in [0.5, 0.6) is 0 Å². The lowest BCUT2D eigenvalue weighted by Crippen LogP contribution is -2.33. The SMILES string of the molecule is CN(C1=CCCCC1)C(F)(F)F. The van der Waals surface area contributed by atoms with E-state index in [1.807, 2.05) is 0 Å². The minimum atomic E-state index is -4.22. The first-order valence-corrected chi connectivity index (χ1v) is 4.01. The van der Waals surface area contributed by atoms with Crippen LogP contribution in [0.3, 0.4) is 0 Å². The second-order valence-corrected chi connectivity index (χ2v) is 2.97. The van der Waals surface area contributed by atoms with Crippen molar-refractivity contribution in [1.82, 2.24) is 4.90 Å². The second kappa shape index (κ2) is 3.37. The van der Waals surface area contributed by atoms with Crippen molar-refractivity contribution in [2.45, 2.75) is 32.0 Å². The quantitative estimate of drug-likeness (QED) is 0.559. The molecule has 0 saturated carbocycles. The highest BCUT2D eigenvalue weighted by atomic mass is 19.4. The van der Waals surface area contributed by atoms with E-state index in [1.54, 1.807) is 6.08 Å². The summed E-state index contributed by atoms with van der Waals surface area (Å²) in [6.45, 7) is 0. The highest BCUT2D eigenvalue weighted by Crippen LogP contribution is 2.28. The van der Waals surface area contributed by atoms with E-state index in [-0.39, 0.29) is 0 Å². The molecule has 0 aromatic rings. The molecule has 0 atom stereocenters. The third kappa shape index (κ3) is 2.16. The van der Waals surface area contributed by atoms with Gasteiger partial charge in [-0.2, -0.15) is 13.2 Å². The molecule has 0 N–H and O–H groups in total. The summed E-state index contributed by atoms with van der Waals surface area (Å²) in [6, 6.07) is 0. The summed E-state index contributed by atoms with van der Waals surface area (Å²) in [5.41, 5.74) is 0.411. The highest BCUT2D eigenvalue weighted by molar-refractivity contribution is 5.03. The molecule has 0 aromatic carbocycles. The van der Waals surface area contributed by atoms with Gasteiger partial charge < -0.3 is 0 Å². The monoisotopic (exact) mass is 179 g/mol. The van der Waals surface area contributed by atoms with Crippen molar-refractivity contribution in [3.63, 3.8) is 0 Å². The summed E-state index contributed by atoms with van der Waals surface area (Å²) in [7, 11) is 1.08. The lowest BCUT2D eigenvalue weighted by molar-refractivity contribution is -0.224. The van der Waals surface area contributed by atoms with Gasteiger partial charge >= 0.3 is 6.30 Å². The van der Waals surface area contributed by atoms with Gasteiger partial charge in [0.05, 0.1) is 0 Å². The average molecular weight is 179 g/mol. The van der Waals surface area contributed by atoms with Gasteiger partial charge in [0.15, 0.2) is 0 Å². The van der Waals surface area contributed by atoms with Crippen LogP contribution in [0.1, 0.15) is 25.7 Å². The fourth-order valence-corrected chi connectivity index (χ4v) is 1.29. The maximum atomic E-state index is 12.1. The number of rotatable bonds is 1. The van der Waals surface area contributed by atoms with Gasteiger partial charge in [-0.1, -0.05) is 6.08 Å². The number of nitrogens with zero attached hydrogens (tertiary/aromatic N) is 1. The summed E-state index contributed by atoms with van der Waals surface area (Å²) in [5, 5.41) is 0. The number of allylic oxidation sites excluding steroid dienone is 2. The Hall–Kier alpha value is -0.670. The number of alkyl halides is 3. The molecule has 4 heteroatoms. The molecule has 0 unspecified atom stereocenters. The Kier molecular flexibility index (Phi) is 2.65. The van der Waals surface area contributed by atoms with Gasteiger partial charge in [0.2, 0.25) is 0 Å². The van der Waals surface area contributed by atoms with Crippen molar-refractivity contribution in [1.29, 1.82) is 0 Å². The molecule has 0 aliphatic heterocycles. The third-order valence-corrected chi connectivity index (χ3v) is 2.08. The van der Waals surface area contributed by atoms with Crippen LogP contribution in [0.25, 0.3) is 0 Å². The normalized spacial score (nSPS) is 18.8. The molecule has 0 radical (unpaired) electrons. The third-order valence-electron chi connectivity index (χ3n) is 2.08. The van der Waals surface area contributed by atoms with Gasteiger partial charge in [-0.05, 0) is 25.7 Å². The summed E-state index contributed by atoms with van der Waals surface area (Å²) in [6.07, 6.45) is 0.660. The maximum absolute atomic E-state index is 12.1. The molecular formula is C8H12F3N. The van der Waals surface area contributed by atoms with E-state index < -0.39 is 6.30 Å². The molecule has 1 aliphatic rings. The summed E-state index contributed by atoms with van der Waals surface area (Å²) >= 11 is 0. The Morgan fingerprint density at radius 1 is 1.33 bits per heavy atom. The number of halogens is 3. The zero-order valence-electron chi connectivity index (χ0n) is 6.99. The molecule has 70 valence electrons. The summed E-state index contributed by atoms with van der Waals surface area (Å²) in [5.74, 6) is 0. The smallest absolute Gasteiger partial charge is 0.291 e. The predicted molar refractivity (Wildman–Crippen MR) is 40.4 cm³/mol. The molecule has 0 fully saturated rings. The molecule has 0 aromatic heterocycles. The van der Waals surface area contributed by atoms with E-state index >= 15 is 0 Å². The number of hydrogen-bond acceptors (Lipinski definition) is 1. The molecule has 1 nitrogen and oxygen atoms in total. The van der Waals surface area contributed by atoms with Crippen LogP contribution in [0.15, 0.2) is 11.8 Å². The van der Waals surface area contributed by atoms with Crippen molar-refractivity contribution in [2.75, 3.05) is 7.05 Å². The van der Waals surface area contributed by atoms with Crippen LogP contribution >= 0.6 is 0 Å². The van der Waals surface area contributed by atoms with Gasteiger partial charge in [-0.3, -0.25) is 4.90 Å². The first kappa shape index (κ1) is 9.42. The topological polar surface area (TPSA) is 3.24 Å². The highest BCUT2D eigenvalue weighted by Gasteiger charge is 2.35. The number of hydrogen-bond donors (Lipinski definition) is 0. The van der Waals surface area contributed by atoms with Crippen LogP contribution in [0.4, 0.5) is 13.2 Å². The molecule has 12 heavy (non-hydrogen) atoms. The average Bonchev–Trinajstić information content (AvgIpc) is 2.03. The van der Waals surface area contributed by atoms with Crippen molar-refractivity contribution in [3.05, 3.63) is 11.8 Å². The Morgan fingerprint density at radius 2 is 2.00 bits per heavy atom. The van der Waals surface area contributed by atoms with Gasteiger partial charge in [0.1, 0.15) is 0 Å². The van der Waals surface area contributed by atoms with Crippen molar-refractivity contribution >= 4 is 0 Å². The van der Waals surface area contributed by atoms with E-state index in [9.17, 15) is 13.2 Å². The van der Waals surface area contributed by atoms with Gasteiger partial charge in [-0.15, -0.1) is 0 Å². The Balaban J connectivity index is 2.62. The first-order valence-electron chi connectivity index (χ1n) is 4.01. The minimum absolute atomic E-state index is 0.409. The van der Waals surface area contributed by atoms with E-state index in [4.69, 9.17) is 0 Å². The van der Waals surface area contributed by atoms with E-state index in [0.717, 1.165) is 26.3 Å². The zero-order valence-corrected chi connectivity index (χ0v) is 6.99. The predicted octanol–water partition coefficient (Wildman–Crippen LogP) is 2.90. The van der Waals surface area contributed by atoms with Gasteiger partial charge in [0, 0.05) is 12.7 Å². The van der Waals surface area contributed by atoms with E-state index in [0.29, 0.717) is 17.0 Å². The van der Waals surface area contributed by atoms with Crippen molar-refractivity contribution in [3.8, 4) is 0 Å². The Labute approximate surface area is 69.9 Å². The largest absolute Gasteiger partial charge is 0.484 e. The molecule has 0 heterocycles. The molecule has 0 amide bonds.